The number of aromatic nitrogens is 1. The molecule has 0 spiro atoms. The number of pyridine rings is 1. The number of hydrogen-bond donors (Lipinski definition) is 2. The fourth-order valence-corrected chi connectivity index (χ4v) is 1.87. The van der Waals surface area contributed by atoms with Crippen LogP contribution in [0, 0.1) is 0 Å². The van der Waals surface area contributed by atoms with E-state index < -0.39 is 0 Å². The van der Waals surface area contributed by atoms with E-state index in [1.807, 2.05) is 24.3 Å². The van der Waals surface area contributed by atoms with E-state index >= 15 is 0 Å². The van der Waals surface area contributed by atoms with Crippen molar-refractivity contribution in [2.75, 3.05) is 11.9 Å². The summed E-state index contributed by atoms with van der Waals surface area (Å²) in [5, 5.41) is 11.7. The number of aliphatic hydroxyl groups excluding tert-OH is 1. The molecule has 0 unspecified atom stereocenters. The monoisotopic (exact) mass is 320 g/mol. The van der Waals surface area contributed by atoms with Crippen LogP contribution in [-0.2, 0) is 6.42 Å². The van der Waals surface area contributed by atoms with Crippen molar-refractivity contribution in [1.29, 1.82) is 0 Å². The summed E-state index contributed by atoms with van der Waals surface area (Å²) in [7, 11) is 0. The van der Waals surface area contributed by atoms with Crippen LogP contribution < -0.4 is 5.32 Å². The highest BCUT2D eigenvalue weighted by Crippen LogP contribution is 2.15. The van der Waals surface area contributed by atoms with Gasteiger partial charge in [-0.05, 0) is 36.4 Å². The first-order chi connectivity index (χ1) is 9.19. The second-order valence-corrected chi connectivity index (χ2v) is 4.89. The van der Waals surface area contributed by atoms with Crippen LogP contribution in [0.4, 0.5) is 5.69 Å². The highest BCUT2D eigenvalue weighted by molar-refractivity contribution is 9.10. The molecule has 0 saturated carbocycles. The van der Waals surface area contributed by atoms with Crippen molar-refractivity contribution in [1.82, 2.24) is 4.98 Å². The molecule has 2 aromatic rings. The Labute approximate surface area is 119 Å². The molecule has 0 aliphatic rings. The van der Waals surface area contributed by atoms with Crippen LogP contribution in [0.1, 0.15) is 16.1 Å². The first-order valence-electron chi connectivity index (χ1n) is 5.82. The van der Waals surface area contributed by atoms with Crippen molar-refractivity contribution in [2.24, 2.45) is 0 Å². The summed E-state index contributed by atoms with van der Waals surface area (Å²) in [5.41, 5.74) is 1.96. The fourth-order valence-electron chi connectivity index (χ4n) is 1.61. The summed E-state index contributed by atoms with van der Waals surface area (Å²) in [4.78, 5) is 16.1. The lowest BCUT2D eigenvalue weighted by Gasteiger charge is -2.06. The first kappa shape index (κ1) is 13.7. The highest BCUT2D eigenvalue weighted by atomic mass is 79.9. The molecule has 5 heteroatoms. The lowest BCUT2D eigenvalue weighted by molar-refractivity contribution is 0.102. The van der Waals surface area contributed by atoms with Crippen LogP contribution in [0.3, 0.4) is 0 Å². The third-order valence-electron chi connectivity index (χ3n) is 2.55. The van der Waals surface area contributed by atoms with E-state index in [0.29, 0.717) is 17.7 Å². The Morgan fingerprint density at radius 1 is 1.26 bits per heavy atom. The van der Waals surface area contributed by atoms with Crippen molar-refractivity contribution >= 4 is 27.5 Å². The fraction of sp³-hybridized carbons (Fsp3) is 0.143. The van der Waals surface area contributed by atoms with Crippen LogP contribution in [-0.4, -0.2) is 22.6 Å². The average molecular weight is 321 g/mol. The van der Waals surface area contributed by atoms with Crippen molar-refractivity contribution in [3.05, 3.63) is 58.3 Å². The maximum Gasteiger partial charge on any atom is 0.255 e. The van der Waals surface area contributed by atoms with Crippen LogP contribution in [0.15, 0.2) is 47.1 Å². The van der Waals surface area contributed by atoms with Gasteiger partial charge in [0.2, 0.25) is 0 Å². The summed E-state index contributed by atoms with van der Waals surface area (Å²) in [6.07, 6.45) is 2.01. The van der Waals surface area contributed by atoms with E-state index in [-0.39, 0.29) is 12.5 Å². The molecular formula is C14H13BrN2O2. The van der Waals surface area contributed by atoms with Gasteiger partial charge in [-0.3, -0.25) is 9.78 Å². The van der Waals surface area contributed by atoms with Gasteiger partial charge in [-0.1, -0.05) is 15.9 Å². The van der Waals surface area contributed by atoms with Gasteiger partial charge in [0, 0.05) is 40.6 Å². The van der Waals surface area contributed by atoms with Gasteiger partial charge in [0.05, 0.1) is 0 Å². The Morgan fingerprint density at radius 3 is 2.68 bits per heavy atom. The van der Waals surface area contributed by atoms with Gasteiger partial charge in [0.1, 0.15) is 0 Å². The standard InChI is InChI=1S/C14H13BrN2O2/c15-11-1-3-12(4-2-11)17-14(19)10-5-7-16-13(9-10)6-8-18/h1-5,7,9,18H,6,8H2,(H,17,19). The number of aliphatic hydroxyl groups is 1. The van der Waals surface area contributed by atoms with E-state index in [0.717, 1.165) is 10.2 Å². The molecule has 1 amide bonds. The number of carbonyl (C=O) groups excluding carboxylic acids is 1. The molecule has 0 radical (unpaired) electrons. The first-order valence-corrected chi connectivity index (χ1v) is 6.61. The largest absolute Gasteiger partial charge is 0.396 e. The normalized spacial score (nSPS) is 10.2. The average Bonchev–Trinajstić information content (AvgIpc) is 2.42. The maximum absolute atomic E-state index is 12.0. The zero-order chi connectivity index (χ0) is 13.7. The van der Waals surface area contributed by atoms with E-state index in [1.165, 1.54) is 0 Å². The molecule has 0 saturated heterocycles. The number of benzene rings is 1. The molecule has 0 aliphatic carbocycles. The van der Waals surface area contributed by atoms with Crippen molar-refractivity contribution in [2.45, 2.75) is 6.42 Å². The quantitative estimate of drug-likeness (QED) is 0.910. The molecule has 0 atom stereocenters. The Morgan fingerprint density at radius 2 is 2.00 bits per heavy atom. The minimum atomic E-state index is -0.191. The van der Waals surface area contributed by atoms with Gasteiger partial charge in [0.15, 0.2) is 0 Å². The Bertz CT molecular complexity index is 570. The van der Waals surface area contributed by atoms with E-state index in [4.69, 9.17) is 5.11 Å². The third kappa shape index (κ3) is 3.87. The van der Waals surface area contributed by atoms with E-state index in [9.17, 15) is 4.79 Å². The second-order valence-electron chi connectivity index (χ2n) is 3.97. The zero-order valence-electron chi connectivity index (χ0n) is 10.1. The molecule has 98 valence electrons. The Kier molecular flexibility index (Phi) is 4.65. The van der Waals surface area contributed by atoms with Gasteiger partial charge in [-0.2, -0.15) is 0 Å². The molecule has 19 heavy (non-hydrogen) atoms. The third-order valence-corrected chi connectivity index (χ3v) is 3.08. The molecule has 1 aromatic carbocycles. The van der Waals surface area contributed by atoms with Crippen molar-refractivity contribution in [3.8, 4) is 0 Å². The van der Waals surface area contributed by atoms with Crippen LogP contribution in [0.2, 0.25) is 0 Å². The number of carbonyl (C=O) groups is 1. The van der Waals surface area contributed by atoms with Crippen LogP contribution in [0.5, 0.6) is 0 Å². The number of anilines is 1. The van der Waals surface area contributed by atoms with Crippen LogP contribution in [0.25, 0.3) is 0 Å². The lowest BCUT2D eigenvalue weighted by atomic mass is 10.2. The summed E-state index contributed by atoms with van der Waals surface area (Å²) < 4.78 is 0.958. The molecule has 2 rings (SSSR count). The SMILES string of the molecule is O=C(Nc1ccc(Br)cc1)c1ccnc(CCO)c1. The van der Waals surface area contributed by atoms with Gasteiger partial charge in [-0.25, -0.2) is 0 Å². The van der Waals surface area contributed by atoms with Gasteiger partial charge in [-0.15, -0.1) is 0 Å². The lowest BCUT2D eigenvalue weighted by Crippen LogP contribution is -2.12. The summed E-state index contributed by atoms with van der Waals surface area (Å²) in [6, 6.07) is 10.7. The molecule has 0 fully saturated rings. The van der Waals surface area contributed by atoms with Crippen LogP contribution >= 0.6 is 15.9 Å². The maximum atomic E-state index is 12.0. The highest BCUT2D eigenvalue weighted by Gasteiger charge is 2.07. The number of nitrogens with zero attached hydrogens (tertiary/aromatic N) is 1. The number of halogens is 1. The number of amides is 1. The molecular weight excluding hydrogens is 308 g/mol. The number of hydrogen-bond acceptors (Lipinski definition) is 3. The molecule has 1 heterocycles. The summed E-state index contributed by atoms with van der Waals surface area (Å²) >= 11 is 3.34. The molecule has 4 nitrogen and oxygen atoms in total. The second kappa shape index (κ2) is 6.45. The minimum Gasteiger partial charge on any atom is -0.396 e. The predicted octanol–water partition coefficient (Wildman–Crippen LogP) is 2.63. The molecule has 0 aliphatic heterocycles. The summed E-state index contributed by atoms with van der Waals surface area (Å²) in [5.74, 6) is -0.191. The molecule has 0 bridgehead atoms. The van der Waals surface area contributed by atoms with Crippen molar-refractivity contribution < 1.29 is 9.90 Å². The molecule has 2 N–H and O–H groups in total. The van der Waals surface area contributed by atoms with Gasteiger partial charge in [0.25, 0.3) is 5.91 Å². The minimum absolute atomic E-state index is 0.0186. The number of nitrogens with one attached hydrogen (secondary N) is 1. The Balaban J connectivity index is 2.11. The summed E-state index contributed by atoms with van der Waals surface area (Å²) in [6.45, 7) is 0.0186. The zero-order valence-corrected chi connectivity index (χ0v) is 11.7. The number of rotatable bonds is 4. The topological polar surface area (TPSA) is 62.2 Å². The van der Waals surface area contributed by atoms with Gasteiger partial charge >= 0.3 is 0 Å². The van der Waals surface area contributed by atoms with E-state index in [1.54, 1.807) is 18.3 Å². The predicted molar refractivity (Wildman–Crippen MR) is 77.1 cm³/mol. The van der Waals surface area contributed by atoms with Crippen molar-refractivity contribution in [3.63, 3.8) is 0 Å². The molecule has 1 aromatic heterocycles. The smallest absolute Gasteiger partial charge is 0.255 e. The van der Waals surface area contributed by atoms with Gasteiger partial charge < -0.3 is 10.4 Å². The van der Waals surface area contributed by atoms with E-state index in [2.05, 4.69) is 26.2 Å². The Hall–Kier alpha value is -1.72.